The summed E-state index contributed by atoms with van der Waals surface area (Å²) >= 11 is 1.57. The second-order valence-electron chi connectivity index (χ2n) is 8.62. The number of thiazole rings is 1. The van der Waals surface area contributed by atoms with Crippen LogP contribution in [-0.4, -0.2) is 47.5 Å². The molecule has 0 saturated heterocycles. The van der Waals surface area contributed by atoms with E-state index in [-0.39, 0.29) is 12.3 Å². The molecule has 1 aromatic heterocycles. The number of aliphatic carboxylic acids is 1. The number of carboxylic acid groups (broad SMARTS) is 1. The molecule has 2 N–H and O–H groups in total. The van der Waals surface area contributed by atoms with E-state index in [4.69, 9.17) is 0 Å². The number of nitrogens with one attached hydrogen (secondary N) is 1. The third-order valence-corrected chi connectivity index (χ3v) is 6.91. The molecule has 0 fully saturated rings. The summed E-state index contributed by atoms with van der Waals surface area (Å²) in [5.41, 5.74) is 3.38. The Bertz CT molecular complexity index is 1100. The Balaban J connectivity index is 1.46. The summed E-state index contributed by atoms with van der Waals surface area (Å²) in [5, 5.41) is 13.3. The molecule has 0 unspecified atom stereocenters. The summed E-state index contributed by atoms with van der Waals surface area (Å²) in [5.74, 6) is -1.16. The molecular formula is C24H27N3O3S. The highest BCUT2D eigenvalue weighted by Gasteiger charge is 2.45. The standard InChI is InChI=1S/C24H27N3O3S/c1-27(2)10-9-16-7-8-19-20(11-16)31-21(26-19)15-25-23(30)24(14-22(28)29)12-17-5-3-4-6-18(17)13-24/h3-8,11H,9-10,12-15H2,1-2H3,(H,25,30)(H,28,29). The first-order chi connectivity index (χ1) is 14.8. The van der Waals surface area contributed by atoms with Gasteiger partial charge < -0.3 is 15.3 Å². The summed E-state index contributed by atoms with van der Waals surface area (Å²) in [6, 6.07) is 14.1. The molecule has 1 heterocycles. The van der Waals surface area contributed by atoms with Gasteiger partial charge in [-0.3, -0.25) is 9.59 Å². The number of amides is 1. The van der Waals surface area contributed by atoms with E-state index in [2.05, 4.69) is 41.4 Å². The number of aromatic nitrogens is 1. The van der Waals surface area contributed by atoms with E-state index in [1.165, 1.54) is 5.56 Å². The number of benzene rings is 2. The van der Waals surface area contributed by atoms with Gasteiger partial charge in [-0.1, -0.05) is 30.3 Å². The zero-order valence-corrected chi connectivity index (χ0v) is 18.7. The van der Waals surface area contributed by atoms with E-state index in [0.717, 1.165) is 39.3 Å². The largest absolute Gasteiger partial charge is 0.481 e. The van der Waals surface area contributed by atoms with Crippen molar-refractivity contribution in [3.05, 3.63) is 64.2 Å². The van der Waals surface area contributed by atoms with Crippen LogP contribution in [0.5, 0.6) is 0 Å². The second-order valence-corrected chi connectivity index (χ2v) is 9.73. The van der Waals surface area contributed by atoms with Gasteiger partial charge in [-0.15, -0.1) is 11.3 Å². The SMILES string of the molecule is CN(C)CCc1ccc2nc(CNC(=O)C3(CC(=O)O)Cc4ccccc4C3)sc2c1. The molecule has 1 aliphatic rings. The van der Waals surface area contributed by atoms with Crippen LogP contribution < -0.4 is 5.32 Å². The van der Waals surface area contributed by atoms with Crippen LogP contribution in [0.1, 0.15) is 28.1 Å². The van der Waals surface area contributed by atoms with Crippen molar-refractivity contribution in [3.8, 4) is 0 Å². The molecule has 0 saturated carbocycles. The zero-order valence-electron chi connectivity index (χ0n) is 17.9. The molecular weight excluding hydrogens is 410 g/mol. The summed E-state index contributed by atoms with van der Waals surface area (Å²) in [4.78, 5) is 31.5. The van der Waals surface area contributed by atoms with Gasteiger partial charge in [-0.05, 0) is 62.2 Å². The number of nitrogens with zero attached hydrogens (tertiary/aromatic N) is 2. The van der Waals surface area contributed by atoms with Crippen LogP contribution in [0.15, 0.2) is 42.5 Å². The average Bonchev–Trinajstić information content (AvgIpc) is 3.30. The van der Waals surface area contributed by atoms with E-state index in [9.17, 15) is 14.7 Å². The highest BCUT2D eigenvalue weighted by Crippen LogP contribution is 2.40. The van der Waals surface area contributed by atoms with Gasteiger partial charge in [-0.25, -0.2) is 4.98 Å². The first kappa shape index (κ1) is 21.5. The lowest BCUT2D eigenvalue weighted by molar-refractivity contribution is -0.145. The molecule has 3 aromatic rings. The lowest BCUT2D eigenvalue weighted by atomic mass is 9.80. The van der Waals surface area contributed by atoms with Crippen molar-refractivity contribution in [2.45, 2.75) is 32.2 Å². The van der Waals surface area contributed by atoms with E-state index in [0.29, 0.717) is 19.4 Å². The Kier molecular flexibility index (Phi) is 6.07. The van der Waals surface area contributed by atoms with Crippen molar-refractivity contribution in [3.63, 3.8) is 0 Å². The van der Waals surface area contributed by atoms with Crippen molar-refractivity contribution >= 4 is 33.4 Å². The quantitative estimate of drug-likeness (QED) is 0.565. The van der Waals surface area contributed by atoms with E-state index < -0.39 is 11.4 Å². The minimum absolute atomic E-state index is 0.178. The summed E-state index contributed by atoms with van der Waals surface area (Å²) in [6.07, 6.45) is 1.71. The first-order valence-corrected chi connectivity index (χ1v) is 11.3. The van der Waals surface area contributed by atoms with Crippen LogP contribution >= 0.6 is 11.3 Å². The van der Waals surface area contributed by atoms with Crippen molar-refractivity contribution < 1.29 is 14.7 Å². The number of carbonyl (C=O) groups is 2. The fraction of sp³-hybridized carbons (Fsp3) is 0.375. The maximum atomic E-state index is 13.2. The van der Waals surface area contributed by atoms with Crippen LogP contribution in [0.25, 0.3) is 10.2 Å². The highest BCUT2D eigenvalue weighted by atomic mass is 32.1. The topological polar surface area (TPSA) is 82.5 Å². The number of rotatable bonds is 8. The number of fused-ring (bicyclic) bond motifs is 2. The third-order valence-electron chi connectivity index (χ3n) is 5.89. The van der Waals surface area contributed by atoms with Gasteiger partial charge in [0.05, 0.1) is 28.6 Å². The van der Waals surface area contributed by atoms with Crippen molar-refractivity contribution in [2.75, 3.05) is 20.6 Å². The van der Waals surface area contributed by atoms with Crippen molar-refractivity contribution in [1.82, 2.24) is 15.2 Å². The molecule has 162 valence electrons. The minimum Gasteiger partial charge on any atom is -0.481 e. The molecule has 1 aliphatic carbocycles. The van der Waals surface area contributed by atoms with Crippen LogP contribution in [0.3, 0.4) is 0 Å². The number of hydrogen-bond acceptors (Lipinski definition) is 5. The Hall–Kier alpha value is -2.77. The maximum absolute atomic E-state index is 13.2. The Morgan fingerprint density at radius 3 is 2.52 bits per heavy atom. The summed E-state index contributed by atoms with van der Waals surface area (Å²) < 4.78 is 1.11. The number of carboxylic acids is 1. The van der Waals surface area contributed by atoms with Crippen LogP contribution in [0, 0.1) is 5.41 Å². The molecule has 6 nitrogen and oxygen atoms in total. The van der Waals surface area contributed by atoms with Gasteiger partial charge in [0.25, 0.3) is 0 Å². The number of hydrogen-bond donors (Lipinski definition) is 2. The van der Waals surface area contributed by atoms with Crippen LogP contribution in [-0.2, 0) is 35.4 Å². The monoisotopic (exact) mass is 437 g/mol. The van der Waals surface area contributed by atoms with Crippen molar-refractivity contribution in [2.24, 2.45) is 5.41 Å². The van der Waals surface area contributed by atoms with Gasteiger partial charge in [0, 0.05) is 6.54 Å². The molecule has 7 heteroatoms. The third kappa shape index (κ3) is 4.78. The minimum atomic E-state index is -0.951. The molecule has 2 aromatic carbocycles. The van der Waals surface area contributed by atoms with E-state index in [1.54, 1.807) is 11.3 Å². The Labute approximate surface area is 185 Å². The summed E-state index contributed by atoms with van der Waals surface area (Å²) in [6.45, 7) is 1.30. The van der Waals surface area contributed by atoms with Gasteiger partial charge in [-0.2, -0.15) is 0 Å². The first-order valence-electron chi connectivity index (χ1n) is 10.4. The lowest BCUT2D eigenvalue weighted by Crippen LogP contribution is -2.43. The molecule has 0 aliphatic heterocycles. The predicted octanol–water partition coefficient (Wildman–Crippen LogP) is 3.28. The summed E-state index contributed by atoms with van der Waals surface area (Å²) in [7, 11) is 4.12. The van der Waals surface area contributed by atoms with E-state index >= 15 is 0 Å². The highest BCUT2D eigenvalue weighted by molar-refractivity contribution is 7.18. The van der Waals surface area contributed by atoms with E-state index in [1.807, 2.05) is 30.3 Å². The van der Waals surface area contributed by atoms with Gasteiger partial charge in [0.15, 0.2) is 0 Å². The van der Waals surface area contributed by atoms with Gasteiger partial charge in [0.2, 0.25) is 5.91 Å². The Morgan fingerprint density at radius 1 is 1.16 bits per heavy atom. The Morgan fingerprint density at radius 2 is 1.87 bits per heavy atom. The maximum Gasteiger partial charge on any atom is 0.304 e. The second kappa shape index (κ2) is 8.77. The fourth-order valence-corrected chi connectivity index (χ4v) is 5.26. The molecule has 1 amide bonds. The molecule has 0 radical (unpaired) electrons. The zero-order chi connectivity index (χ0) is 22.0. The average molecular weight is 438 g/mol. The smallest absolute Gasteiger partial charge is 0.304 e. The molecule has 0 spiro atoms. The predicted molar refractivity (Wildman–Crippen MR) is 122 cm³/mol. The van der Waals surface area contributed by atoms with Gasteiger partial charge >= 0.3 is 5.97 Å². The van der Waals surface area contributed by atoms with Crippen LogP contribution in [0.2, 0.25) is 0 Å². The van der Waals surface area contributed by atoms with Crippen LogP contribution in [0.4, 0.5) is 0 Å². The number of carbonyl (C=O) groups excluding carboxylic acids is 1. The molecule has 0 bridgehead atoms. The van der Waals surface area contributed by atoms with Crippen molar-refractivity contribution in [1.29, 1.82) is 0 Å². The molecule has 0 atom stereocenters. The molecule has 4 rings (SSSR count). The normalized spacial score (nSPS) is 14.7. The molecule has 31 heavy (non-hydrogen) atoms. The number of likely N-dealkylation sites (N-methyl/N-ethyl adjacent to an activating group) is 1. The fourth-order valence-electron chi connectivity index (χ4n) is 4.29. The van der Waals surface area contributed by atoms with Gasteiger partial charge in [0.1, 0.15) is 5.01 Å². The lowest BCUT2D eigenvalue weighted by Gasteiger charge is -2.25.